The molecule has 0 bridgehead atoms. The van der Waals surface area contributed by atoms with Gasteiger partial charge in [-0.15, -0.1) is 11.3 Å². The van der Waals surface area contributed by atoms with Crippen molar-refractivity contribution in [2.75, 3.05) is 13.1 Å². The summed E-state index contributed by atoms with van der Waals surface area (Å²) in [6, 6.07) is 10.6. The minimum atomic E-state index is 0.173. The van der Waals surface area contributed by atoms with Gasteiger partial charge in [0.05, 0.1) is 10.6 Å². The Morgan fingerprint density at radius 2 is 2.08 bits per heavy atom. The van der Waals surface area contributed by atoms with Crippen LogP contribution < -0.4 is 5.32 Å². The number of nitrogens with zero attached hydrogens (tertiary/aromatic N) is 2. The van der Waals surface area contributed by atoms with Gasteiger partial charge < -0.3 is 10.2 Å². The fraction of sp³-hybridized carbons (Fsp3) is 0.300. The molecule has 1 N–H and O–H groups in total. The van der Waals surface area contributed by atoms with E-state index in [0.717, 1.165) is 43.0 Å². The molecule has 0 radical (unpaired) electrons. The lowest BCUT2D eigenvalue weighted by atomic mass is 10.0. The summed E-state index contributed by atoms with van der Waals surface area (Å²) in [5, 5.41) is 9.76. The molecule has 0 aromatic carbocycles. The van der Waals surface area contributed by atoms with Crippen molar-refractivity contribution in [3.63, 3.8) is 0 Å². The molecule has 4 nitrogen and oxygen atoms in total. The lowest BCUT2D eigenvalue weighted by molar-refractivity contribution is 0.0709. The molecule has 3 aromatic rings. The third-order valence-electron chi connectivity index (χ3n) is 4.75. The van der Waals surface area contributed by atoms with E-state index in [1.54, 1.807) is 11.3 Å². The Morgan fingerprint density at radius 3 is 2.73 bits per heavy atom. The zero-order valence-corrected chi connectivity index (χ0v) is 16.1. The van der Waals surface area contributed by atoms with Crippen molar-refractivity contribution in [3.8, 4) is 11.3 Å². The summed E-state index contributed by atoms with van der Waals surface area (Å²) < 4.78 is 0. The zero-order chi connectivity index (χ0) is 17.8. The third-order valence-corrected chi connectivity index (χ3v) is 6.29. The molecule has 4 heterocycles. The summed E-state index contributed by atoms with van der Waals surface area (Å²) in [4.78, 5) is 19.8. The molecule has 0 saturated carbocycles. The molecule has 6 heteroatoms. The Morgan fingerprint density at radius 1 is 1.19 bits per heavy atom. The molecule has 0 spiro atoms. The van der Waals surface area contributed by atoms with E-state index in [1.165, 1.54) is 22.5 Å². The Balaban J connectivity index is 1.25. The summed E-state index contributed by atoms with van der Waals surface area (Å²) >= 11 is 3.21. The van der Waals surface area contributed by atoms with Crippen molar-refractivity contribution in [1.82, 2.24) is 15.2 Å². The molecule has 3 aromatic heterocycles. The smallest absolute Gasteiger partial charge is 0.263 e. The molecule has 1 aliphatic heterocycles. The number of amides is 1. The highest BCUT2D eigenvalue weighted by Gasteiger charge is 2.23. The topological polar surface area (TPSA) is 45.2 Å². The van der Waals surface area contributed by atoms with Crippen LogP contribution in [0.2, 0.25) is 0 Å². The van der Waals surface area contributed by atoms with Gasteiger partial charge in [-0.1, -0.05) is 12.1 Å². The quantitative estimate of drug-likeness (QED) is 0.716. The van der Waals surface area contributed by atoms with Gasteiger partial charge in [0.1, 0.15) is 0 Å². The van der Waals surface area contributed by atoms with Gasteiger partial charge in [-0.3, -0.25) is 9.78 Å². The van der Waals surface area contributed by atoms with E-state index in [1.807, 2.05) is 28.6 Å². The zero-order valence-electron chi connectivity index (χ0n) is 14.4. The summed E-state index contributed by atoms with van der Waals surface area (Å²) in [5.41, 5.74) is 3.40. The van der Waals surface area contributed by atoms with Gasteiger partial charge in [-0.25, -0.2) is 0 Å². The Kier molecular flexibility index (Phi) is 5.43. The number of carbonyl (C=O) groups excluding carboxylic acids is 1. The van der Waals surface area contributed by atoms with Crippen LogP contribution in [0.5, 0.6) is 0 Å². The van der Waals surface area contributed by atoms with Crippen LogP contribution in [-0.4, -0.2) is 34.9 Å². The second kappa shape index (κ2) is 8.12. The average molecular weight is 384 g/mol. The van der Waals surface area contributed by atoms with Crippen LogP contribution >= 0.6 is 22.7 Å². The number of carbonyl (C=O) groups is 1. The summed E-state index contributed by atoms with van der Waals surface area (Å²) in [5.74, 6) is 0.173. The molecule has 1 fully saturated rings. The predicted molar refractivity (Wildman–Crippen MR) is 108 cm³/mol. The molecule has 26 heavy (non-hydrogen) atoms. The summed E-state index contributed by atoms with van der Waals surface area (Å²) in [7, 11) is 0. The minimum Gasteiger partial charge on any atom is -0.338 e. The molecule has 0 unspecified atom stereocenters. The van der Waals surface area contributed by atoms with Crippen molar-refractivity contribution in [2.24, 2.45) is 0 Å². The van der Waals surface area contributed by atoms with E-state index in [2.05, 4.69) is 39.3 Å². The monoisotopic (exact) mass is 383 g/mol. The van der Waals surface area contributed by atoms with Gasteiger partial charge in [0.2, 0.25) is 0 Å². The molecule has 1 aliphatic rings. The Hall–Kier alpha value is -2.02. The van der Waals surface area contributed by atoms with E-state index in [-0.39, 0.29) is 5.91 Å². The first-order valence-corrected chi connectivity index (χ1v) is 10.7. The summed E-state index contributed by atoms with van der Waals surface area (Å²) in [6.07, 6.45) is 3.95. The molecular weight excluding hydrogens is 362 g/mol. The number of likely N-dealkylation sites (tertiary alicyclic amines) is 1. The van der Waals surface area contributed by atoms with Crippen LogP contribution in [0, 0.1) is 0 Å². The number of hydrogen-bond acceptors (Lipinski definition) is 5. The second-order valence-electron chi connectivity index (χ2n) is 6.49. The number of thiophene rings is 2. The highest BCUT2D eigenvalue weighted by atomic mass is 32.1. The number of nitrogens with one attached hydrogen (secondary N) is 1. The van der Waals surface area contributed by atoms with Gasteiger partial charge in [0, 0.05) is 42.8 Å². The van der Waals surface area contributed by atoms with Gasteiger partial charge in [0.15, 0.2) is 0 Å². The second-order valence-corrected chi connectivity index (χ2v) is 8.22. The average Bonchev–Trinajstić information content (AvgIpc) is 3.40. The van der Waals surface area contributed by atoms with Crippen LogP contribution in [0.1, 0.15) is 28.1 Å². The first-order chi connectivity index (χ1) is 12.8. The van der Waals surface area contributed by atoms with E-state index in [0.29, 0.717) is 6.04 Å². The SMILES string of the molecule is O=C(c1cccs1)N1CCC(NCc2ccc(-c3ccsc3)nc2)CC1. The van der Waals surface area contributed by atoms with Gasteiger partial charge >= 0.3 is 0 Å². The minimum absolute atomic E-state index is 0.173. The van der Waals surface area contributed by atoms with Crippen molar-refractivity contribution in [2.45, 2.75) is 25.4 Å². The van der Waals surface area contributed by atoms with Crippen molar-refractivity contribution >= 4 is 28.6 Å². The van der Waals surface area contributed by atoms with Gasteiger partial charge in [-0.05, 0) is 47.4 Å². The molecule has 1 saturated heterocycles. The van der Waals surface area contributed by atoms with Gasteiger partial charge in [0.25, 0.3) is 5.91 Å². The normalized spacial score (nSPS) is 15.3. The largest absolute Gasteiger partial charge is 0.338 e. The maximum Gasteiger partial charge on any atom is 0.263 e. The van der Waals surface area contributed by atoms with Crippen molar-refractivity contribution < 1.29 is 4.79 Å². The number of rotatable bonds is 5. The van der Waals surface area contributed by atoms with Crippen LogP contribution in [0.4, 0.5) is 0 Å². The van der Waals surface area contributed by atoms with Crippen molar-refractivity contribution in [1.29, 1.82) is 0 Å². The molecule has 1 amide bonds. The highest BCUT2D eigenvalue weighted by Crippen LogP contribution is 2.20. The molecule has 134 valence electrons. The van der Waals surface area contributed by atoms with Crippen LogP contribution in [-0.2, 0) is 6.54 Å². The van der Waals surface area contributed by atoms with Crippen LogP contribution in [0.3, 0.4) is 0 Å². The van der Waals surface area contributed by atoms with Gasteiger partial charge in [-0.2, -0.15) is 11.3 Å². The Bertz CT molecular complexity index is 821. The number of pyridine rings is 1. The van der Waals surface area contributed by atoms with Crippen molar-refractivity contribution in [3.05, 3.63) is 63.1 Å². The van der Waals surface area contributed by atoms with Crippen LogP contribution in [0.25, 0.3) is 11.3 Å². The maximum absolute atomic E-state index is 12.4. The Labute approximate surface area is 161 Å². The first-order valence-electron chi connectivity index (χ1n) is 8.83. The molecular formula is C20H21N3OS2. The predicted octanol–water partition coefficient (Wildman–Crippen LogP) is 4.27. The maximum atomic E-state index is 12.4. The summed E-state index contributed by atoms with van der Waals surface area (Å²) in [6.45, 7) is 2.47. The molecule has 0 aliphatic carbocycles. The first kappa shape index (κ1) is 17.4. The third kappa shape index (κ3) is 4.03. The number of piperidine rings is 1. The molecule has 0 atom stereocenters. The van der Waals surface area contributed by atoms with Crippen LogP contribution in [0.15, 0.2) is 52.7 Å². The lowest BCUT2D eigenvalue weighted by Gasteiger charge is -2.32. The number of hydrogen-bond donors (Lipinski definition) is 1. The van der Waals surface area contributed by atoms with E-state index in [4.69, 9.17) is 0 Å². The fourth-order valence-corrected chi connectivity index (χ4v) is 4.56. The molecule has 4 rings (SSSR count). The lowest BCUT2D eigenvalue weighted by Crippen LogP contribution is -2.44. The fourth-order valence-electron chi connectivity index (χ4n) is 3.22. The van der Waals surface area contributed by atoms with E-state index < -0.39 is 0 Å². The van der Waals surface area contributed by atoms with E-state index >= 15 is 0 Å². The highest BCUT2D eigenvalue weighted by molar-refractivity contribution is 7.12. The van der Waals surface area contributed by atoms with E-state index in [9.17, 15) is 4.79 Å². The number of aromatic nitrogens is 1. The standard InChI is InChI=1S/C20H21N3OS2/c24-20(19-2-1-10-26-19)23-8-5-17(6-9-23)21-12-15-3-4-18(22-13-15)16-7-11-25-14-16/h1-4,7,10-11,13-14,17,21H,5-6,8-9,12H2.